The molecule has 2 aliphatic rings. The lowest BCUT2D eigenvalue weighted by Gasteiger charge is -2.44. The van der Waals surface area contributed by atoms with Gasteiger partial charge in [0.1, 0.15) is 0 Å². The van der Waals surface area contributed by atoms with Gasteiger partial charge in [0.2, 0.25) is 6.71 Å². The average Bonchev–Trinajstić information content (AvgIpc) is 3.21. The molecule has 1 heteroatoms. The summed E-state index contributed by atoms with van der Waals surface area (Å²) < 4.78 is 0. The van der Waals surface area contributed by atoms with Crippen molar-refractivity contribution in [3.05, 3.63) is 182 Å². The maximum Gasteiger partial charge on any atom is 0.214 e. The molecule has 0 aromatic heterocycles. The first-order valence-electron chi connectivity index (χ1n) is 19.5. The number of benzene rings is 8. The molecule has 0 aliphatic heterocycles. The van der Waals surface area contributed by atoms with Crippen LogP contribution < -0.4 is 10.9 Å². The molecule has 254 valence electrons. The number of hydrogen-bond donors (Lipinski definition) is 0. The summed E-state index contributed by atoms with van der Waals surface area (Å²) in [4.78, 5) is 0. The second-order valence-corrected chi connectivity index (χ2v) is 15.7. The minimum absolute atomic E-state index is 0.259. The minimum Gasteiger partial charge on any atom is -0.0812 e. The normalized spacial score (nSPS) is 19.6. The lowest BCUT2D eigenvalue weighted by atomic mass is 9.27. The number of hydrogen-bond acceptors (Lipinski definition) is 0. The Morgan fingerprint density at radius 1 is 0.491 bits per heavy atom. The van der Waals surface area contributed by atoms with Crippen molar-refractivity contribution in [1.29, 1.82) is 0 Å². The lowest BCUT2D eigenvalue weighted by Crippen LogP contribution is -2.53. The zero-order valence-corrected chi connectivity index (χ0v) is 30.5. The Balaban J connectivity index is 1.22. The van der Waals surface area contributed by atoms with E-state index in [1.807, 2.05) is 0 Å². The number of rotatable bonds is 5. The van der Waals surface area contributed by atoms with Gasteiger partial charge in [0.25, 0.3) is 0 Å². The molecule has 0 N–H and O–H groups in total. The molecule has 53 heavy (non-hydrogen) atoms. The van der Waals surface area contributed by atoms with Gasteiger partial charge < -0.3 is 0 Å². The van der Waals surface area contributed by atoms with E-state index in [0.29, 0.717) is 23.6 Å². The van der Waals surface area contributed by atoms with Crippen molar-refractivity contribution in [1.82, 2.24) is 0 Å². The highest BCUT2D eigenvalue weighted by molar-refractivity contribution is 6.88. The van der Waals surface area contributed by atoms with Crippen molar-refractivity contribution in [3.8, 4) is 22.3 Å². The summed E-state index contributed by atoms with van der Waals surface area (Å²) in [6.07, 6.45) is 12.1. The fourth-order valence-corrected chi connectivity index (χ4v) is 10.3. The molecule has 0 bridgehead atoms. The van der Waals surface area contributed by atoms with Crippen LogP contribution in [-0.4, -0.2) is 6.71 Å². The Morgan fingerprint density at radius 3 is 1.79 bits per heavy atom. The molecule has 0 radical (unpaired) electrons. The van der Waals surface area contributed by atoms with Gasteiger partial charge in [0, 0.05) is 0 Å². The van der Waals surface area contributed by atoms with Gasteiger partial charge in [-0.25, -0.2) is 0 Å². The molecular weight excluding hydrogens is 635 g/mol. The van der Waals surface area contributed by atoms with Crippen molar-refractivity contribution >= 4 is 60.7 Å². The third-order valence-corrected chi connectivity index (χ3v) is 12.7. The monoisotopic (exact) mass is 678 g/mol. The van der Waals surface area contributed by atoms with E-state index in [2.05, 4.69) is 190 Å². The zero-order valence-electron chi connectivity index (χ0n) is 30.5. The van der Waals surface area contributed by atoms with Crippen LogP contribution >= 0.6 is 0 Å². The molecule has 8 aromatic carbocycles. The van der Waals surface area contributed by atoms with Crippen LogP contribution in [0.1, 0.15) is 25.3 Å². The van der Waals surface area contributed by atoms with E-state index in [-0.39, 0.29) is 6.71 Å². The molecule has 0 nitrogen and oxygen atoms in total. The van der Waals surface area contributed by atoms with E-state index in [1.54, 1.807) is 0 Å². The standard InChI is InChI=1S/C52H43B/c1-34-26-28-37-15-5-7-20-43(37)51(34)53(52-35(2)27-29-38-16-6-8-21-44(38)52)42-19-13-18-40(33-42)49-45-22-9-11-24-47(45)50(48-25-12-10-23-46(48)49)41-31-30-36-14-3-4-17-39(36)32-41/h3-26,28,30-33,35,38,44,52H,27,29H2,1-2H3/t35?,38-,44?,52?/m0/s1. The summed E-state index contributed by atoms with van der Waals surface area (Å²) in [5, 5.41) is 10.5. The Morgan fingerprint density at radius 2 is 1.08 bits per heavy atom. The predicted octanol–water partition coefficient (Wildman–Crippen LogP) is 12.7. The fourth-order valence-electron chi connectivity index (χ4n) is 10.3. The molecule has 8 aromatic rings. The average molecular weight is 679 g/mol. The van der Waals surface area contributed by atoms with Gasteiger partial charge in [-0.1, -0.05) is 200 Å². The first kappa shape index (κ1) is 32.0. The molecule has 0 spiro atoms. The van der Waals surface area contributed by atoms with Gasteiger partial charge in [-0.15, -0.1) is 0 Å². The summed E-state index contributed by atoms with van der Waals surface area (Å²) in [5.74, 6) is 2.19. The first-order chi connectivity index (χ1) is 26.1. The third-order valence-electron chi connectivity index (χ3n) is 12.7. The van der Waals surface area contributed by atoms with Crippen LogP contribution in [0.5, 0.6) is 0 Å². The van der Waals surface area contributed by atoms with Crippen molar-refractivity contribution in [2.24, 2.45) is 17.8 Å². The van der Waals surface area contributed by atoms with Crippen molar-refractivity contribution in [2.75, 3.05) is 0 Å². The molecule has 3 unspecified atom stereocenters. The number of aryl methyl sites for hydroxylation is 1. The van der Waals surface area contributed by atoms with Crippen LogP contribution in [0.2, 0.25) is 5.82 Å². The summed E-state index contributed by atoms with van der Waals surface area (Å²) >= 11 is 0. The Hall–Kier alpha value is -5.66. The van der Waals surface area contributed by atoms with Crippen LogP contribution in [0, 0.1) is 24.7 Å². The molecule has 0 saturated heterocycles. The Bertz CT molecular complexity index is 2690. The van der Waals surface area contributed by atoms with E-state index >= 15 is 0 Å². The predicted molar refractivity (Wildman–Crippen MR) is 231 cm³/mol. The van der Waals surface area contributed by atoms with Gasteiger partial charge in [0.15, 0.2) is 0 Å². The maximum absolute atomic E-state index is 2.56. The van der Waals surface area contributed by atoms with Gasteiger partial charge in [0.05, 0.1) is 0 Å². The van der Waals surface area contributed by atoms with Crippen LogP contribution in [0.25, 0.3) is 65.3 Å². The molecule has 0 amide bonds. The van der Waals surface area contributed by atoms with Gasteiger partial charge in [-0.2, -0.15) is 0 Å². The topological polar surface area (TPSA) is 0 Å². The molecule has 1 saturated carbocycles. The van der Waals surface area contributed by atoms with Gasteiger partial charge >= 0.3 is 0 Å². The molecular formula is C52H43B. The molecule has 1 fully saturated rings. The smallest absolute Gasteiger partial charge is 0.0812 e. The Kier molecular flexibility index (Phi) is 7.91. The SMILES string of the molecule is Cc1ccc2ccccc2c1B(c1cccc(-c2c3ccccc3c(-c3ccc4ccccc4c3)c3ccccc23)c1)C1C(C)CC[C@@H]2C=CC=CC12. The molecule has 10 rings (SSSR count). The van der Waals surface area contributed by atoms with E-state index in [4.69, 9.17) is 0 Å². The van der Waals surface area contributed by atoms with Crippen LogP contribution in [-0.2, 0) is 0 Å². The van der Waals surface area contributed by atoms with Crippen molar-refractivity contribution < 1.29 is 0 Å². The number of fused-ring (bicyclic) bond motifs is 5. The summed E-state index contributed by atoms with van der Waals surface area (Å²) in [6.45, 7) is 5.12. The summed E-state index contributed by atoms with van der Waals surface area (Å²) in [5.41, 5.74) is 9.51. The minimum atomic E-state index is 0.259. The second kappa shape index (κ2) is 13.1. The molecule has 0 heterocycles. The van der Waals surface area contributed by atoms with E-state index < -0.39 is 0 Å². The third kappa shape index (κ3) is 5.36. The van der Waals surface area contributed by atoms with Crippen LogP contribution in [0.15, 0.2) is 176 Å². The molecule has 4 atom stereocenters. The lowest BCUT2D eigenvalue weighted by molar-refractivity contribution is 0.263. The summed E-state index contributed by atoms with van der Waals surface area (Å²) in [7, 11) is 0. The van der Waals surface area contributed by atoms with Gasteiger partial charge in [-0.3, -0.25) is 0 Å². The molecule has 2 aliphatic carbocycles. The quantitative estimate of drug-likeness (QED) is 0.126. The number of allylic oxidation sites excluding steroid dienone is 4. The van der Waals surface area contributed by atoms with Crippen LogP contribution in [0.4, 0.5) is 0 Å². The highest BCUT2D eigenvalue weighted by Gasteiger charge is 2.44. The van der Waals surface area contributed by atoms with E-state index in [9.17, 15) is 0 Å². The maximum atomic E-state index is 2.56. The highest BCUT2D eigenvalue weighted by Crippen LogP contribution is 2.48. The van der Waals surface area contributed by atoms with E-state index in [0.717, 1.165) is 0 Å². The van der Waals surface area contributed by atoms with Crippen LogP contribution in [0.3, 0.4) is 0 Å². The highest BCUT2D eigenvalue weighted by atomic mass is 14.4. The fraction of sp³-hybridized carbons (Fsp3) is 0.154. The van der Waals surface area contributed by atoms with Crippen molar-refractivity contribution in [2.45, 2.75) is 32.5 Å². The van der Waals surface area contributed by atoms with Gasteiger partial charge in [-0.05, 0) is 108 Å². The second-order valence-electron chi connectivity index (χ2n) is 15.7. The summed E-state index contributed by atoms with van der Waals surface area (Å²) in [6, 6.07) is 57.2. The van der Waals surface area contributed by atoms with E-state index in [1.165, 1.54) is 94.7 Å². The largest absolute Gasteiger partial charge is 0.214 e. The van der Waals surface area contributed by atoms with Crippen molar-refractivity contribution in [3.63, 3.8) is 0 Å². The zero-order chi connectivity index (χ0) is 35.5. The first-order valence-corrected chi connectivity index (χ1v) is 19.5. The Labute approximate surface area is 313 Å².